The number of aromatic nitrogens is 2. The lowest BCUT2D eigenvalue weighted by molar-refractivity contribution is -0.123. The molecular weight excluding hydrogens is 310 g/mol. The predicted molar refractivity (Wildman–Crippen MR) is 86.8 cm³/mol. The smallest absolute Gasteiger partial charge is 0.232 e. The third-order valence-electron chi connectivity index (χ3n) is 4.15. The van der Waals surface area contributed by atoms with Gasteiger partial charge in [-0.25, -0.2) is 0 Å². The van der Waals surface area contributed by atoms with Crippen LogP contribution in [-0.4, -0.2) is 16.0 Å². The molecule has 3 heterocycles. The van der Waals surface area contributed by atoms with Gasteiger partial charge in [0.2, 0.25) is 5.91 Å². The van der Waals surface area contributed by atoms with Gasteiger partial charge < -0.3 is 9.84 Å². The van der Waals surface area contributed by atoms with Crippen molar-refractivity contribution in [2.24, 2.45) is 0 Å². The van der Waals surface area contributed by atoms with Gasteiger partial charge in [0.15, 0.2) is 5.76 Å². The highest BCUT2D eigenvalue weighted by molar-refractivity contribution is 7.13. The summed E-state index contributed by atoms with van der Waals surface area (Å²) < 4.78 is 5.42. The molecular formula is C17H15N3O2S. The highest BCUT2D eigenvalue weighted by Crippen LogP contribution is 2.48. The fourth-order valence-corrected chi connectivity index (χ4v) is 3.29. The number of pyridine rings is 1. The molecule has 0 unspecified atom stereocenters. The second-order valence-corrected chi connectivity index (χ2v) is 6.62. The zero-order valence-electron chi connectivity index (χ0n) is 12.4. The van der Waals surface area contributed by atoms with Crippen molar-refractivity contribution in [2.75, 3.05) is 0 Å². The summed E-state index contributed by atoms with van der Waals surface area (Å²) in [6, 6.07) is 9.63. The summed E-state index contributed by atoms with van der Waals surface area (Å²) >= 11 is 1.60. The molecule has 1 N–H and O–H groups in total. The number of rotatable bonds is 5. The topological polar surface area (TPSA) is 68.0 Å². The van der Waals surface area contributed by atoms with Crippen LogP contribution in [0.4, 0.5) is 0 Å². The second-order valence-electron chi connectivity index (χ2n) is 5.67. The number of thiophene rings is 1. The van der Waals surface area contributed by atoms with Crippen LogP contribution < -0.4 is 5.32 Å². The fraction of sp³-hybridized carbons (Fsp3) is 0.235. The minimum atomic E-state index is -0.522. The number of carbonyl (C=O) groups excluding carboxylic acids is 1. The van der Waals surface area contributed by atoms with E-state index in [0.29, 0.717) is 6.54 Å². The van der Waals surface area contributed by atoms with E-state index >= 15 is 0 Å². The highest BCUT2D eigenvalue weighted by Gasteiger charge is 2.53. The first kappa shape index (κ1) is 14.1. The van der Waals surface area contributed by atoms with Gasteiger partial charge in [0.1, 0.15) is 0 Å². The van der Waals surface area contributed by atoms with Crippen LogP contribution in [0.25, 0.3) is 10.6 Å². The Labute approximate surface area is 137 Å². The van der Waals surface area contributed by atoms with Gasteiger partial charge in [0.25, 0.3) is 0 Å². The molecule has 0 bridgehead atoms. The molecule has 0 aromatic carbocycles. The number of hydrogen-bond donors (Lipinski definition) is 1. The number of amides is 1. The van der Waals surface area contributed by atoms with Gasteiger partial charge >= 0.3 is 0 Å². The zero-order valence-corrected chi connectivity index (χ0v) is 13.2. The summed E-state index contributed by atoms with van der Waals surface area (Å²) in [6.07, 6.45) is 5.07. The van der Waals surface area contributed by atoms with E-state index in [1.54, 1.807) is 23.7 Å². The minimum Gasteiger partial charge on any atom is -0.355 e. The standard InChI is InChI=1S/C17H15N3O2S/c21-16(19-11-12-3-7-18-8-4-12)17(5-6-17)15-10-13(22-20-15)14-2-1-9-23-14/h1-4,7-10H,5-6,11H2,(H,19,21). The molecule has 116 valence electrons. The van der Waals surface area contributed by atoms with Crippen LogP contribution in [0.5, 0.6) is 0 Å². The molecule has 3 aromatic heterocycles. The molecule has 1 amide bonds. The Morgan fingerprint density at radius 2 is 2.13 bits per heavy atom. The van der Waals surface area contributed by atoms with Gasteiger partial charge in [-0.3, -0.25) is 9.78 Å². The van der Waals surface area contributed by atoms with Gasteiger partial charge in [-0.2, -0.15) is 0 Å². The normalized spacial score (nSPS) is 15.3. The molecule has 0 saturated heterocycles. The average Bonchev–Trinajstić information content (AvgIpc) is 3.02. The summed E-state index contributed by atoms with van der Waals surface area (Å²) in [7, 11) is 0. The summed E-state index contributed by atoms with van der Waals surface area (Å²) in [6.45, 7) is 0.499. The van der Waals surface area contributed by atoms with E-state index in [1.165, 1.54) is 0 Å². The van der Waals surface area contributed by atoms with Crippen LogP contribution in [0.15, 0.2) is 52.6 Å². The highest BCUT2D eigenvalue weighted by atomic mass is 32.1. The van der Waals surface area contributed by atoms with E-state index < -0.39 is 5.41 Å². The van der Waals surface area contributed by atoms with Crippen molar-refractivity contribution in [3.8, 4) is 10.6 Å². The van der Waals surface area contributed by atoms with Crippen LogP contribution in [0.1, 0.15) is 24.1 Å². The number of nitrogens with zero attached hydrogens (tertiary/aromatic N) is 2. The second kappa shape index (κ2) is 5.62. The maximum Gasteiger partial charge on any atom is 0.232 e. The maximum absolute atomic E-state index is 12.6. The minimum absolute atomic E-state index is 0.0142. The molecule has 1 fully saturated rings. The Kier molecular flexibility index (Phi) is 3.46. The predicted octanol–water partition coefficient (Wildman–Crippen LogP) is 3.15. The molecule has 0 radical (unpaired) electrons. The van der Waals surface area contributed by atoms with Crippen molar-refractivity contribution in [3.63, 3.8) is 0 Å². The molecule has 0 aliphatic heterocycles. The van der Waals surface area contributed by atoms with Gasteiger partial charge in [-0.05, 0) is 42.0 Å². The summed E-state index contributed by atoms with van der Waals surface area (Å²) in [5.74, 6) is 0.739. The molecule has 5 nitrogen and oxygen atoms in total. The van der Waals surface area contributed by atoms with Crippen molar-refractivity contribution in [1.29, 1.82) is 0 Å². The lowest BCUT2D eigenvalue weighted by Gasteiger charge is -2.12. The SMILES string of the molecule is O=C(NCc1ccncc1)C1(c2cc(-c3cccs3)on2)CC1. The first-order chi connectivity index (χ1) is 11.3. The van der Waals surface area contributed by atoms with E-state index in [1.807, 2.05) is 35.7 Å². The number of hydrogen-bond acceptors (Lipinski definition) is 5. The van der Waals surface area contributed by atoms with E-state index in [0.717, 1.165) is 34.7 Å². The van der Waals surface area contributed by atoms with Crippen LogP contribution in [0, 0.1) is 0 Å². The van der Waals surface area contributed by atoms with Crippen molar-refractivity contribution in [3.05, 3.63) is 59.4 Å². The molecule has 1 aliphatic carbocycles. The molecule has 3 aromatic rings. The van der Waals surface area contributed by atoms with E-state index in [-0.39, 0.29) is 5.91 Å². The van der Waals surface area contributed by atoms with E-state index in [9.17, 15) is 4.79 Å². The quantitative estimate of drug-likeness (QED) is 0.782. The first-order valence-corrected chi connectivity index (χ1v) is 8.34. The molecule has 4 rings (SSSR count). The lowest BCUT2D eigenvalue weighted by Crippen LogP contribution is -2.34. The Hall–Kier alpha value is -2.47. The third kappa shape index (κ3) is 2.66. The van der Waals surface area contributed by atoms with E-state index in [4.69, 9.17) is 4.52 Å². The van der Waals surface area contributed by atoms with Crippen LogP contribution >= 0.6 is 11.3 Å². The largest absolute Gasteiger partial charge is 0.355 e. The fourth-order valence-electron chi connectivity index (χ4n) is 2.61. The maximum atomic E-state index is 12.6. The average molecular weight is 325 g/mol. The molecule has 23 heavy (non-hydrogen) atoms. The van der Waals surface area contributed by atoms with Crippen molar-refractivity contribution in [2.45, 2.75) is 24.8 Å². The zero-order chi connectivity index (χ0) is 15.7. The van der Waals surface area contributed by atoms with E-state index in [2.05, 4.69) is 15.5 Å². The molecule has 1 saturated carbocycles. The van der Waals surface area contributed by atoms with Crippen LogP contribution in [0.3, 0.4) is 0 Å². The summed E-state index contributed by atoms with van der Waals surface area (Å²) in [5, 5.41) is 9.13. The molecule has 0 spiro atoms. The summed E-state index contributed by atoms with van der Waals surface area (Å²) in [4.78, 5) is 17.6. The van der Waals surface area contributed by atoms with Gasteiger partial charge in [0, 0.05) is 25.0 Å². The Balaban J connectivity index is 1.48. The van der Waals surface area contributed by atoms with Gasteiger partial charge in [0.05, 0.1) is 16.0 Å². The van der Waals surface area contributed by atoms with Crippen LogP contribution in [-0.2, 0) is 16.8 Å². The molecule has 6 heteroatoms. The number of carbonyl (C=O) groups is 1. The van der Waals surface area contributed by atoms with Crippen molar-refractivity contribution in [1.82, 2.24) is 15.5 Å². The third-order valence-corrected chi connectivity index (χ3v) is 5.04. The van der Waals surface area contributed by atoms with Crippen molar-refractivity contribution < 1.29 is 9.32 Å². The van der Waals surface area contributed by atoms with Crippen molar-refractivity contribution >= 4 is 17.2 Å². The monoisotopic (exact) mass is 325 g/mol. The Morgan fingerprint density at radius 1 is 1.30 bits per heavy atom. The van der Waals surface area contributed by atoms with Gasteiger partial charge in [-0.1, -0.05) is 11.2 Å². The lowest BCUT2D eigenvalue weighted by atomic mass is 10.0. The number of nitrogens with one attached hydrogen (secondary N) is 1. The van der Waals surface area contributed by atoms with Gasteiger partial charge in [-0.15, -0.1) is 11.3 Å². The van der Waals surface area contributed by atoms with Crippen LogP contribution in [0.2, 0.25) is 0 Å². The molecule has 0 atom stereocenters. The summed E-state index contributed by atoms with van der Waals surface area (Å²) in [5.41, 5.74) is 1.24. The Bertz CT molecular complexity index is 808. The molecule has 1 aliphatic rings. The Morgan fingerprint density at radius 3 is 2.83 bits per heavy atom. The first-order valence-electron chi connectivity index (χ1n) is 7.46.